The average Bonchev–Trinajstić information content (AvgIpc) is 3.40. The molecule has 5 rings (SSSR count). The molecule has 1 heterocycles. The molecular weight excluding hydrogens is 584 g/mol. The summed E-state index contributed by atoms with van der Waals surface area (Å²) < 4.78 is 6.21. The van der Waals surface area contributed by atoms with E-state index in [4.69, 9.17) is 4.74 Å². The third-order valence-electron chi connectivity index (χ3n) is 12.6. The third-order valence-corrected chi connectivity index (χ3v) is 12.6. The molecule has 46 heavy (non-hydrogen) atoms. The number of alkyl carbamates (subject to hydrolysis) is 1. The summed E-state index contributed by atoms with van der Waals surface area (Å²) in [5.74, 6) is -1.62. The number of ether oxygens (including phenoxy) is 1. The number of hydrogen-bond acceptors (Lipinski definition) is 6. The molecule has 5 aliphatic rings. The van der Waals surface area contributed by atoms with Crippen molar-refractivity contribution in [2.75, 3.05) is 13.1 Å². The van der Waals surface area contributed by atoms with E-state index < -0.39 is 41.8 Å². The van der Waals surface area contributed by atoms with Crippen molar-refractivity contribution in [3.05, 3.63) is 12.7 Å². The normalized spacial score (nSPS) is 33.3. The highest BCUT2D eigenvalue weighted by atomic mass is 16.6. The first kappa shape index (κ1) is 34.4. The van der Waals surface area contributed by atoms with Gasteiger partial charge in [0.25, 0.3) is 5.91 Å². The number of nitrogens with zero attached hydrogens (tertiary/aromatic N) is 1. The Morgan fingerprint density at radius 3 is 2.28 bits per heavy atom. The summed E-state index contributed by atoms with van der Waals surface area (Å²) in [6, 6.07) is -2.58. The van der Waals surface area contributed by atoms with Crippen molar-refractivity contribution < 1.29 is 28.7 Å². The van der Waals surface area contributed by atoms with Crippen molar-refractivity contribution >= 4 is 29.6 Å². The number of piperidine rings is 1. The highest BCUT2D eigenvalue weighted by molar-refractivity contribution is 6.38. The summed E-state index contributed by atoms with van der Waals surface area (Å²) in [5.41, 5.74) is -0.329. The van der Waals surface area contributed by atoms with E-state index in [2.05, 4.69) is 57.1 Å². The maximum absolute atomic E-state index is 14.5. The van der Waals surface area contributed by atoms with Crippen LogP contribution in [0.3, 0.4) is 0 Å². The second-order valence-corrected chi connectivity index (χ2v) is 16.3. The number of Topliss-reactive ketones (excluding diaryl/α,β-unsaturated/α-hetero) is 1. The minimum Gasteiger partial charge on any atom is -0.445 e. The second kappa shape index (κ2) is 12.9. The Kier molecular flexibility index (Phi) is 9.69. The number of rotatable bonds is 12. The lowest BCUT2D eigenvalue weighted by atomic mass is 9.70. The van der Waals surface area contributed by atoms with E-state index in [1.807, 2.05) is 6.92 Å². The zero-order valence-electron chi connectivity index (χ0n) is 28.8. The summed E-state index contributed by atoms with van der Waals surface area (Å²) in [7, 11) is 0. The van der Waals surface area contributed by atoms with Crippen molar-refractivity contribution in [1.82, 2.24) is 20.9 Å². The van der Waals surface area contributed by atoms with Crippen molar-refractivity contribution in [3.63, 3.8) is 0 Å². The van der Waals surface area contributed by atoms with Crippen LogP contribution >= 0.6 is 0 Å². The topological polar surface area (TPSA) is 134 Å². The maximum atomic E-state index is 14.5. The van der Waals surface area contributed by atoms with Gasteiger partial charge in [-0.1, -0.05) is 73.3 Å². The van der Waals surface area contributed by atoms with Crippen molar-refractivity contribution in [1.29, 1.82) is 0 Å². The molecule has 256 valence electrons. The molecule has 0 aromatic heterocycles. The van der Waals surface area contributed by atoms with Crippen LogP contribution in [-0.2, 0) is 23.9 Å². The fourth-order valence-electron chi connectivity index (χ4n) is 9.88. The molecule has 0 radical (unpaired) electrons. The molecule has 4 amide bonds. The quantitative estimate of drug-likeness (QED) is 0.212. The molecule has 4 aliphatic carbocycles. The Labute approximate surface area is 274 Å². The Morgan fingerprint density at radius 1 is 0.978 bits per heavy atom. The van der Waals surface area contributed by atoms with Crippen LogP contribution in [0.5, 0.6) is 0 Å². The van der Waals surface area contributed by atoms with Crippen LogP contribution in [0.15, 0.2) is 12.7 Å². The lowest BCUT2D eigenvalue weighted by Gasteiger charge is -2.42. The molecule has 10 nitrogen and oxygen atoms in total. The first-order chi connectivity index (χ1) is 21.7. The van der Waals surface area contributed by atoms with Gasteiger partial charge in [0.05, 0.1) is 6.04 Å². The zero-order valence-corrected chi connectivity index (χ0v) is 28.8. The van der Waals surface area contributed by atoms with Gasteiger partial charge in [-0.3, -0.25) is 19.2 Å². The van der Waals surface area contributed by atoms with Crippen LogP contribution in [-0.4, -0.2) is 71.8 Å². The molecule has 0 aromatic rings. The highest BCUT2D eigenvalue weighted by Crippen LogP contribution is 2.65. The van der Waals surface area contributed by atoms with E-state index in [-0.39, 0.29) is 52.6 Å². The molecule has 2 bridgehead atoms. The molecule has 1 saturated heterocycles. The molecule has 8 unspecified atom stereocenters. The number of ketones is 1. The molecule has 3 N–H and O–H groups in total. The third kappa shape index (κ3) is 6.21. The summed E-state index contributed by atoms with van der Waals surface area (Å²) in [5, 5.41) is 8.39. The van der Waals surface area contributed by atoms with Gasteiger partial charge in [-0.2, -0.15) is 0 Å². The van der Waals surface area contributed by atoms with E-state index in [0.29, 0.717) is 25.3 Å². The van der Waals surface area contributed by atoms with E-state index in [0.717, 1.165) is 51.4 Å². The van der Waals surface area contributed by atoms with Crippen LogP contribution in [0.4, 0.5) is 4.79 Å². The number of likely N-dealkylation sites (tertiary alicyclic amines) is 1. The number of amides is 4. The minimum atomic E-state index is -0.992. The lowest BCUT2D eigenvalue weighted by molar-refractivity contribution is -0.145. The van der Waals surface area contributed by atoms with Crippen LogP contribution < -0.4 is 16.0 Å². The summed E-state index contributed by atoms with van der Waals surface area (Å²) in [4.78, 5) is 69.3. The van der Waals surface area contributed by atoms with Gasteiger partial charge in [-0.25, -0.2) is 4.79 Å². The van der Waals surface area contributed by atoms with Gasteiger partial charge in [0.1, 0.15) is 18.2 Å². The summed E-state index contributed by atoms with van der Waals surface area (Å²) in [6.45, 7) is 16.8. The van der Waals surface area contributed by atoms with Gasteiger partial charge in [-0.05, 0) is 67.6 Å². The highest BCUT2D eigenvalue weighted by Gasteiger charge is 2.70. The van der Waals surface area contributed by atoms with Gasteiger partial charge in [-0.15, -0.1) is 6.58 Å². The fraction of sp³-hybridized carbons (Fsp3) is 0.806. The Hall–Kier alpha value is -2.91. The molecule has 5 fully saturated rings. The largest absolute Gasteiger partial charge is 0.445 e. The monoisotopic (exact) mass is 640 g/mol. The van der Waals surface area contributed by atoms with Crippen molar-refractivity contribution in [3.8, 4) is 0 Å². The van der Waals surface area contributed by atoms with Crippen LogP contribution in [0.25, 0.3) is 0 Å². The van der Waals surface area contributed by atoms with E-state index >= 15 is 0 Å². The van der Waals surface area contributed by atoms with E-state index in [1.54, 1.807) is 4.90 Å². The molecule has 1 aliphatic heterocycles. The number of carbonyl (C=O) groups excluding carboxylic acids is 5. The Balaban J connectivity index is 1.35. The molecule has 10 heteroatoms. The van der Waals surface area contributed by atoms with Gasteiger partial charge in [0.15, 0.2) is 0 Å². The lowest BCUT2D eigenvalue weighted by Crippen LogP contribution is -2.60. The number of fused-ring (bicyclic) bond motifs is 3. The first-order valence-electron chi connectivity index (χ1n) is 17.7. The van der Waals surface area contributed by atoms with Gasteiger partial charge in [0, 0.05) is 23.9 Å². The molecule has 4 saturated carbocycles. The number of nitrogens with one attached hydrogen (secondary N) is 3. The van der Waals surface area contributed by atoms with Gasteiger partial charge in [0.2, 0.25) is 17.6 Å². The zero-order chi connectivity index (χ0) is 33.6. The average molecular weight is 641 g/mol. The molecule has 8 atom stereocenters. The second-order valence-electron chi connectivity index (χ2n) is 16.3. The van der Waals surface area contributed by atoms with E-state index in [9.17, 15) is 24.0 Å². The first-order valence-corrected chi connectivity index (χ1v) is 17.7. The SMILES string of the molecule is C=CCNC(=O)C(=O)C(CCC)NC(=O)C1C2C(CN1C(=O)C(NC(=O)OC1C3(C)CCC(C3)C1(C)C)C1CCCCC1)C2(C)C. The predicted molar refractivity (Wildman–Crippen MR) is 174 cm³/mol. The molecule has 0 aromatic carbocycles. The number of carbonyl (C=O) groups is 5. The molecule has 0 spiro atoms. The summed E-state index contributed by atoms with van der Waals surface area (Å²) in [6.07, 6.45) is 9.53. The van der Waals surface area contributed by atoms with Crippen LogP contribution in [0.2, 0.25) is 0 Å². The Morgan fingerprint density at radius 2 is 1.67 bits per heavy atom. The van der Waals surface area contributed by atoms with Crippen LogP contribution in [0, 0.1) is 39.9 Å². The Bertz CT molecular complexity index is 1240. The fourth-order valence-corrected chi connectivity index (χ4v) is 9.88. The van der Waals surface area contributed by atoms with Crippen molar-refractivity contribution in [2.45, 2.75) is 130 Å². The predicted octanol–water partition coefficient (Wildman–Crippen LogP) is 4.52. The van der Waals surface area contributed by atoms with E-state index in [1.165, 1.54) is 6.08 Å². The smallest absolute Gasteiger partial charge is 0.408 e. The van der Waals surface area contributed by atoms with Crippen molar-refractivity contribution in [2.24, 2.45) is 39.9 Å². The minimum absolute atomic E-state index is 0.0472. The van der Waals surface area contributed by atoms with Crippen LogP contribution in [0.1, 0.15) is 106 Å². The standard InChI is InChI=1S/C36H56N4O6/c1-8-13-24(28(41)30(43)37-18-9-2)38-29(42)27-25-23(35(25,5)6)20-40(27)31(44)26(21-14-11-10-12-15-21)39-33(45)46-32-34(3,4)22-16-17-36(32,7)19-22/h9,21-27,32H,2,8,10-20H2,1,3-7H3,(H,37,43)(H,38,42)(H,39,45). The number of hydrogen-bond donors (Lipinski definition) is 3. The summed E-state index contributed by atoms with van der Waals surface area (Å²) >= 11 is 0. The molecular formula is C36H56N4O6. The van der Waals surface area contributed by atoms with Gasteiger partial charge < -0.3 is 25.6 Å². The maximum Gasteiger partial charge on any atom is 0.408 e. The van der Waals surface area contributed by atoms with Gasteiger partial charge >= 0.3 is 6.09 Å².